The second-order valence-electron chi connectivity index (χ2n) is 3.01. The maximum absolute atomic E-state index is 5.05. The molecule has 3 heteroatoms. The van der Waals surface area contributed by atoms with E-state index in [0.29, 0.717) is 6.04 Å². The van der Waals surface area contributed by atoms with Crippen LogP contribution in [-0.2, 0) is 0 Å². The van der Waals surface area contributed by atoms with Gasteiger partial charge in [0.25, 0.3) is 0 Å². The molecule has 1 aliphatic carbocycles. The molecule has 1 saturated carbocycles. The van der Waals surface area contributed by atoms with Crippen molar-refractivity contribution in [2.45, 2.75) is 32.7 Å². The highest BCUT2D eigenvalue weighted by Gasteiger charge is 2.35. The van der Waals surface area contributed by atoms with Crippen molar-refractivity contribution in [2.24, 2.45) is 5.92 Å². The third-order valence-electron chi connectivity index (χ3n) is 2.10. The molecule has 0 bridgehead atoms. The first-order valence-electron chi connectivity index (χ1n) is 4.32. The predicted molar refractivity (Wildman–Crippen MR) is 51.6 cm³/mol. The normalized spacial score (nSPS) is 27.8. The number of rotatable bonds is 3. The zero-order valence-electron chi connectivity index (χ0n) is 7.18. The monoisotopic (exact) mass is 172 g/mol. The van der Waals surface area contributed by atoms with Crippen LogP contribution in [0.3, 0.4) is 0 Å². The maximum atomic E-state index is 5.05. The molecule has 1 fully saturated rings. The molecule has 1 rings (SSSR count). The summed E-state index contributed by atoms with van der Waals surface area (Å²) >= 11 is 5.05. The second-order valence-corrected chi connectivity index (χ2v) is 3.42. The second kappa shape index (κ2) is 3.90. The lowest BCUT2D eigenvalue weighted by atomic mass is 10.3. The molecule has 0 aromatic heterocycles. The van der Waals surface area contributed by atoms with Crippen molar-refractivity contribution in [1.82, 2.24) is 10.6 Å². The summed E-state index contributed by atoms with van der Waals surface area (Å²) in [6, 6.07) is 0.659. The minimum atomic E-state index is 0.659. The van der Waals surface area contributed by atoms with E-state index in [4.69, 9.17) is 12.2 Å². The van der Waals surface area contributed by atoms with E-state index in [9.17, 15) is 0 Å². The minimum Gasteiger partial charge on any atom is -0.363 e. The molecular weight excluding hydrogens is 156 g/mol. The lowest BCUT2D eigenvalue weighted by Crippen LogP contribution is -2.36. The molecule has 11 heavy (non-hydrogen) atoms. The standard InChI is InChI=1S/C8H16N2S/c1-3-6-5-7(6)10-8(11)9-4-2/h6-7H,3-5H2,1-2H3,(H2,9,10,11). The molecule has 1 aliphatic rings. The number of thiocarbonyl (C=S) groups is 1. The lowest BCUT2D eigenvalue weighted by molar-refractivity contribution is 0.716. The summed E-state index contributed by atoms with van der Waals surface area (Å²) in [7, 11) is 0. The highest BCUT2D eigenvalue weighted by molar-refractivity contribution is 7.80. The number of hydrogen-bond donors (Lipinski definition) is 2. The maximum Gasteiger partial charge on any atom is 0.166 e. The van der Waals surface area contributed by atoms with E-state index in [0.717, 1.165) is 17.6 Å². The Morgan fingerprint density at radius 2 is 2.27 bits per heavy atom. The van der Waals surface area contributed by atoms with Gasteiger partial charge in [-0.15, -0.1) is 0 Å². The number of hydrogen-bond acceptors (Lipinski definition) is 1. The van der Waals surface area contributed by atoms with E-state index in [1.807, 2.05) is 0 Å². The van der Waals surface area contributed by atoms with E-state index in [2.05, 4.69) is 24.5 Å². The summed E-state index contributed by atoms with van der Waals surface area (Å²) in [5, 5.41) is 7.17. The Labute approximate surface area is 73.7 Å². The fourth-order valence-electron chi connectivity index (χ4n) is 1.26. The number of nitrogens with one attached hydrogen (secondary N) is 2. The average Bonchev–Trinajstić information content (AvgIpc) is 2.68. The topological polar surface area (TPSA) is 24.1 Å². The third kappa shape index (κ3) is 2.66. The van der Waals surface area contributed by atoms with E-state index in [1.54, 1.807) is 0 Å². The van der Waals surface area contributed by atoms with E-state index in [-0.39, 0.29) is 0 Å². The molecule has 0 saturated heterocycles. The molecule has 64 valence electrons. The first-order chi connectivity index (χ1) is 5.27. The van der Waals surface area contributed by atoms with Gasteiger partial charge in [-0.3, -0.25) is 0 Å². The van der Waals surface area contributed by atoms with Crippen LogP contribution in [0.2, 0.25) is 0 Å². The van der Waals surface area contributed by atoms with Crippen LogP contribution in [0.5, 0.6) is 0 Å². The fourth-order valence-corrected chi connectivity index (χ4v) is 1.55. The third-order valence-corrected chi connectivity index (χ3v) is 2.36. The van der Waals surface area contributed by atoms with Gasteiger partial charge in [-0.25, -0.2) is 0 Å². The molecule has 0 amide bonds. The van der Waals surface area contributed by atoms with Gasteiger partial charge < -0.3 is 10.6 Å². The van der Waals surface area contributed by atoms with E-state index < -0.39 is 0 Å². The molecule has 2 nitrogen and oxygen atoms in total. The van der Waals surface area contributed by atoms with Crippen LogP contribution in [0.25, 0.3) is 0 Å². The minimum absolute atomic E-state index is 0.659. The summed E-state index contributed by atoms with van der Waals surface area (Å²) in [5.41, 5.74) is 0. The summed E-state index contributed by atoms with van der Waals surface area (Å²) in [6.07, 6.45) is 2.56. The zero-order chi connectivity index (χ0) is 8.27. The van der Waals surface area contributed by atoms with Crippen LogP contribution in [0, 0.1) is 5.92 Å². The van der Waals surface area contributed by atoms with Gasteiger partial charge in [0.2, 0.25) is 0 Å². The molecule has 0 radical (unpaired) electrons. The first-order valence-corrected chi connectivity index (χ1v) is 4.73. The fraction of sp³-hybridized carbons (Fsp3) is 0.875. The lowest BCUT2D eigenvalue weighted by Gasteiger charge is -2.07. The van der Waals surface area contributed by atoms with Crippen molar-refractivity contribution < 1.29 is 0 Å². The van der Waals surface area contributed by atoms with Crippen LogP contribution in [-0.4, -0.2) is 17.7 Å². The van der Waals surface area contributed by atoms with Gasteiger partial charge in [-0.1, -0.05) is 13.3 Å². The molecule has 2 N–H and O–H groups in total. The molecule has 2 atom stereocenters. The SMILES string of the molecule is CCNC(=S)NC1CC1CC. The first kappa shape index (κ1) is 8.78. The van der Waals surface area contributed by atoms with Gasteiger partial charge in [0, 0.05) is 12.6 Å². The Kier molecular flexibility index (Phi) is 3.12. The molecule has 0 aromatic carbocycles. The summed E-state index contributed by atoms with van der Waals surface area (Å²) < 4.78 is 0. The summed E-state index contributed by atoms with van der Waals surface area (Å²) in [4.78, 5) is 0. The van der Waals surface area contributed by atoms with E-state index >= 15 is 0 Å². The van der Waals surface area contributed by atoms with Crippen LogP contribution >= 0.6 is 12.2 Å². The predicted octanol–water partition coefficient (Wildman–Crippen LogP) is 1.27. The van der Waals surface area contributed by atoms with Crippen LogP contribution in [0.4, 0.5) is 0 Å². The highest BCUT2D eigenvalue weighted by atomic mass is 32.1. The largest absolute Gasteiger partial charge is 0.363 e. The molecule has 0 aliphatic heterocycles. The molecular formula is C8H16N2S. The van der Waals surface area contributed by atoms with Gasteiger partial charge in [0.1, 0.15) is 0 Å². The molecule has 0 heterocycles. The Morgan fingerprint density at radius 3 is 2.73 bits per heavy atom. The van der Waals surface area contributed by atoms with Crippen molar-refractivity contribution >= 4 is 17.3 Å². The molecule has 0 aromatic rings. The van der Waals surface area contributed by atoms with Crippen molar-refractivity contribution in [3.63, 3.8) is 0 Å². The average molecular weight is 172 g/mol. The Morgan fingerprint density at radius 1 is 1.55 bits per heavy atom. The van der Waals surface area contributed by atoms with Crippen molar-refractivity contribution in [3.05, 3.63) is 0 Å². The molecule has 2 unspecified atom stereocenters. The molecule has 0 spiro atoms. The van der Waals surface area contributed by atoms with Gasteiger partial charge in [0.05, 0.1) is 0 Å². The quantitative estimate of drug-likeness (QED) is 0.627. The van der Waals surface area contributed by atoms with Crippen molar-refractivity contribution in [3.8, 4) is 0 Å². The van der Waals surface area contributed by atoms with Gasteiger partial charge in [-0.2, -0.15) is 0 Å². The van der Waals surface area contributed by atoms with Crippen molar-refractivity contribution in [1.29, 1.82) is 0 Å². The summed E-state index contributed by atoms with van der Waals surface area (Å²) in [6.45, 7) is 5.19. The van der Waals surface area contributed by atoms with E-state index in [1.165, 1.54) is 12.8 Å². The van der Waals surface area contributed by atoms with Gasteiger partial charge in [-0.05, 0) is 31.5 Å². The van der Waals surface area contributed by atoms with Crippen LogP contribution < -0.4 is 10.6 Å². The Hall–Kier alpha value is -0.310. The highest BCUT2D eigenvalue weighted by Crippen LogP contribution is 2.32. The van der Waals surface area contributed by atoms with Gasteiger partial charge >= 0.3 is 0 Å². The Bertz CT molecular complexity index is 147. The van der Waals surface area contributed by atoms with Crippen molar-refractivity contribution in [2.75, 3.05) is 6.54 Å². The smallest absolute Gasteiger partial charge is 0.166 e. The zero-order valence-corrected chi connectivity index (χ0v) is 8.00. The van der Waals surface area contributed by atoms with Crippen LogP contribution in [0.15, 0.2) is 0 Å². The van der Waals surface area contributed by atoms with Crippen LogP contribution in [0.1, 0.15) is 26.7 Å². The Balaban J connectivity index is 2.08. The summed E-state index contributed by atoms with van der Waals surface area (Å²) in [5.74, 6) is 0.867. The van der Waals surface area contributed by atoms with Gasteiger partial charge in [0.15, 0.2) is 5.11 Å².